The van der Waals surface area contributed by atoms with E-state index in [2.05, 4.69) is 29.6 Å². The van der Waals surface area contributed by atoms with Crippen molar-refractivity contribution in [3.8, 4) is 0 Å². The number of halogens is 5. The minimum absolute atomic E-state index is 0.134. The molecule has 0 bridgehead atoms. The molecule has 3 rings (SSSR count). The summed E-state index contributed by atoms with van der Waals surface area (Å²) < 4.78 is 84.2. The molecule has 0 saturated carbocycles. The number of nitrogens with one attached hydrogen (secondary N) is 2. The third-order valence-electron chi connectivity index (χ3n) is 5.15. The minimum atomic E-state index is -3.24. The summed E-state index contributed by atoms with van der Waals surface area (Å²) in [6.45, 7) is 3.37. The van der Waals surface area contributed by atoms with Crippen LogP contribution in [0, 0.1) is 17.5 Å². The Balaban J connectivity index is 0.00000153. The zero-order chi connectivity index (χ0) is 27.8. The van der Waals surface area contributed by atoms with Crippen LogP contribution in [0.4, 0.5) is 22.0 Å². The lowest BCUT2D eigenvalue weighted by molar-refractivity contribution is -0.134. The van der Waals surface area contributed by atoms with Gasteiger partial charge in [0.1, 0.15) is 23.5 Å². The molecule has 14 heteroatoms. The van der Waals surface area contributed by atoms with Gasteiger partial charge < -0.3 is 10.6 Å². The first-order chi connectivity index (χ1) is 17.4. The highest BCUT2D eigenvalue weighted by Gasteiger charge is 2.45. The molecule has 206 valence electrons. The standard InChI is InChI=1S/C20H22F5N5O3S.C3H8/c1-29-10-12(8-28-29)7-26-18(31)9-27-19(32)17-6-20(24,25)2-3-30(17)34(33)11-14-15(22)4-13(21)5-16(14)23;1-3-2/h4-5,8,10,17H,2-3,6-7,9,11H2,1H3,(H,26,31)(H,27,32);3H2,1-2H3. The van der Waals surface area contributed by atoms with Crippen molar-refractivity contribution in [2.24, 2.45) is 7.05 Å². The molecule has 2 unspecified atom stereocenters. The maximum Gasteiger partial charge on any atom is 0.251 e. The number of aromatic nitrogens is 2. The van der Waals surface area contributed by atoms with Gasteiger partial charge in [-0.1, -0.05) is 20.3 Å². The number of rotatable bonds is 8. The van der Waals surface area contributed by atoms with E-state index in [1.54, 1.807) is 13.2 Å². The van der Waals surface area contributed by atoms with Gasteiger partial charge in [-0.05, 0) is 0 Å². The molecule has 2 heterocycles. The number of nitrogens with zero attached hydrogens (tertiary/aromatic N) is 3. The van der Waals surface area contributed by atoms with Gasteiger partial charge in [0.15, 0.2) is 0 Å². The lowest BCUT2D eigenvalue weighted by Crippen LogP contribution is -2.55. The van der Waals surface area contributed by atoms with Gasteiger partial charge in [-0.15, -0.1) is 0 Å². The van der Waals surface area contributed by atoms with Gasteiger partial charge in [-0.3, -0.25) is 14.3 Å². The van der Waals surface area contributed by atoms with Crippen LogP contribution in [0.25, 0.3) is 0 Å². The number of amides is 2. The molecular weight excluding hydrogens is 521 g/mol. The quantitative estimate of drug-likeness (QED) is 0.494. The van der Waals surface area contributed by atoms with Gasteiger partial charge in [0.25, 0.3) is 5.92 Å². The van der Waals surface area contributed by atoms with Gasteiger partial charge >= 0.3 is 0 Å². The first-order valence-electron chi connectivity index (χ1n) is 11.5. The summed E-state index contributed by atoms with van der Waals surface area (Å²) >= 11 is 0. The molecule has 0 spiro atoms. The van der Waals surface area contributed by atoms with Gasteiger partial charge in [0.2, 0.25) is 11.8 Å². The van der Waals surface area contributed by atoms with Gasteiger partial charge in [-0.25, -0.2) is 30.5 Å². The second kappa shape index (κ2) is 13.6. The van der Waals surface area contributed by atoms with Crippen molar-refractivity contribution in [2.75, 3.05) is 13.1 Å². The summed E-state index contributed by atoms with van der Waals surface area (Å²) in [6.07, 6.45) is 2.74. The molecule has 1 saturated heterocycles. The summed E-state index contributed by atoms with van der Waals surface area (Å²) in [6, 6.07) is -0.787. The average Bonchev–Trinajstić information content (AvgIpc) is 3.23. The van der Waals surface area contributed by atoms with Crippen LogP contribution in [-0.2, 0) is 39.9 Å². The SMILES string of the molecule is CCC.Cn1cc(CNC(=O)CNC(=O)C2CC(F)(F)CCN2S(=O)Cc2c(F)cc(F)cc2F)cn1. The predicted molar refractivity (Wildman–Crippen MR) is 127 cm³/mol. The lowest BCUT2D eigenvalue weighted by Gasteiger charge is -2.37. The number of alkyl halides is 2. The van der Waals surface area contributed by atoms with E-state index in [9.17, 15) is 35.8 Å². The molecule has 0 radical (unpaired) electrons. The third-order valence-corrected chi connectivity index (χ3v) is 6.64. The molecule has 1 aliphatic rings. The largest absolute Gasteiger partial charge is 0.350 e. The third kappa shape index (κ3) is 9.18. The molecule has 1 aromatic heterocycles. The summed E-state index contributed by atoms with van der Waals surface area (Å²) in [5.41, 5.74) is 0.0157. The van der Waals surface area contributed by atoms with Crippen molar-refractivity contribution in [1.82, 2.24) is 24.7 Å². The Morgan fingerprint density at radius 3 is 2.35 bits per heavy atom. The summed E-state index contributed by atoms with van der Waals surface area (Å²) in [5, 5.41) is 8.70. The van der Waals surface area contributed by atoms with Crippen LogP contribution in [0.2, 0.25) is 0 Å². The van der Waals surface area contributed by atoms with Crippen LogP contribution in [-0.4, -0.2) is 55.2 Å². The number of hydrogen-bond donors (Lipinski definition) is 2. The summed E-state index contributed by atoms with van der Waals surface area (Å²) in [5.74, 6) is -9.32. The minimum Gasteiger partial charge on any atom is -0.350 e. The normalized spacial score (nSPS) is 17.9. The first kappa shape index (κ1) is 30.4. The van der Waals surface area contributed by atoms with Crippen molar-refractivity contribution in [1.29, 1.82) is 0 Å². The highest BCUT2D eigenvalue weighted by molar-refractivity contribution is 7.81. The van der Waals surface area contributed by atoms with Crippen molar-refractivity contribution in [2.45, 2.75) is 57.4 Å². The van der Waals surface area contributed by atoms with Crippen LogP contribution in [0.1, 0.15) is 44.2 Å². The molecule has 8 nitrogen and oxygen atoms in total. The fraction of sp³-hybridized carbons (Fsp3) is 0.522. The highest BCUT2D eigenvalue weighted by atomic mass is 32.2. The number of piperidine rings is 1. The van der Waals surface area contributed by atoms with E-state index in [-0.39, 0.29) is 6.54 Å². The van der Waals surface area contributed by atoms with E-state index in [0.29, 0.717) is 17.7 Å². The zero-order valence-electron chi connectivity index (χ0n) is 20.7. The van der Waals surface area contributed by atoms with E-state index in [0.717, 1.165) is 4.31 Å². The van der Waals surface area contributed by atoms with E-state index in [1.165, 1.54) is 17.3 Å². The Morgan fingerprint density at radius 2 is 1.78 bits per heavy atom. The van der Waals surface area contributed by atoms with Crippen molar-refractivity contribution >= 4 is 22.8 Å². The van der Waals surface area contributed by atoms with E-state index in [4.69, 9.17) is 0 Å². The number of hydrogen-bond acceptors (Lipinski definition) is 4. The molecule has 2 atom stereocenters. The van der Waals surface area contributed by atoms with Crippen LogP contribution < -0.4 is 10.6 Å². The number of carbonyl (C=O) groups is 2. The van der Waals surface area contributed by atoms with Gasteiger partial charge in [0, 0.05) is 62.4 Å². The Hall–Kier alpha value is -2.87. The Labute approximate surface area is 214 Å². The topological polar surface area (TPSA) is 96.3 Å². The zero-order valence-corrected chi connectivity index (χ0v) is 21.5. The van der Waals surface area contributed by atoms with E-state index < -0.39 is 89.5 Å². The molecule has 0 aliphatic carbocycles. The fourth-order valence-electron chi connectivity index (χ4n) is 3.41. The molecule has 2 N–H and O–H groups in total. The van der Waals surface area contributed by atoms with E-state index in [1.807, 2.05) is 0 Å². The van der Waals surface area contributed by atoms with Crippen LogP contribution in [0.5, 0.6) is 0 Å². The van der Waals surface area contributed by atoms with Crippen molar-refractivity contribution < 1.29 is 35.8 Å². The van der Waals surface area contributed by atoms with Crippen molar-refractivity contribution in [3.05, 3.63) is 53.1 Å². The average molecular weight is 552 g/mol. The second-order valence-electron chi connectivity index (χ2n) is 8.50. The first-order valence-corrected chi connectivity index (χ1v) is 12.8. The number of benzene rings is 1. The number of aryl methyl sites for hydroxylation is 1. The second-order valence-corrected chi connectivity index (χ2v) is 9.90. The maximum atomic E-state index is 14.0. The van der Waals surface area contributed by atoms with Crippen LogP contribution >= 0.6 is 0 Å². The molecular formula is C23H30F5N5O3S. The molecule has 37 heavy (non-hydrogen) atoms. The smallest absolute Gasteiger partial charge is 0.251 e. The van der Waals surface area contributed by atoms with Crippen LogP contribution in [0.3, 0.4) is 0 Å². The molecule has 1 aromatic carbocycles. The molecule has 2 aromatic rings. The monoisotopic (exact) mass is 551 g/mol. The summed E-state index contributed by atoms with van der Waals surface area (Å²) in [4.78, 5) is 24.6. The Kier molecular flexibility index (Phi) is 11.2. The van der Waals surface area contributed by atoms with Crippen LogP contribution in [0.15, 0.2) is 24.5 Å². The molecule has 2 amide bonds. The van der Waals surface area contributed by atoms with E-state index >= 15 is 0 Å². The van der Waals surface area contributed by atoms with Gasteiger partial charge in [-0.2, -0.15) is 5.10 Å². The predicted octanol–water partition coefficient (Wildman–Crippen LogP) is 2.95. The molecule has 1 aliphatic heterocycles. The van der Waals surface area contributed by atoms with Gasteiger partial charge in [0.05, 0.1) is 29.5 Å². The Bertz CT molecular complexity index is 1090. The maximum absolute atomic E-state index is 14.0. The number of carbonyl (C=O) groups excluding carboxylic acids is 2. The Morgan fingerprint density at radius 1 is 1.16 bits per heavy atom. The fourth-order valence-corrected chi connectivity index (χ4v) is 4.85. The molecule has 1 fully saturated rings. The van der Waals surface area contributed by atoms with Crippen molar-refractivity contribution in [3.63, 3.8) is 0 Å². The summed E-state index contributed by atoms with van der Waals surface area (Å²) in [7, 11) is -0.587. The highest BCUT2D eigenvalue weighted by Crippen LogP contribution is 2.33. The lowest BCUT2D eigenvalue weighted by atomic mass is 10.0.